The van der Waals surface area contributed by atoms with Crippen LogP contribution in [-0.2, 0) is 6.61 Å². The van der Waals surface area contributed by atoms with Crippen molar-refractivity contribution < 1.29 is 14.1 Å². The minimum Gasteiger partial charge on any atom is -0.479 e. The summed E-state index contributed by atoms with van der Waals surface area (Å²) < 4.78 is 18.4. The molecule has 0 radical (unpaired) electrons. The van der Waals surface area contributed by atoms with E-state index in [4.69, 9.17) is 4.74 Å². The molecular weight excluding hydrogens is 321 g/mol. The molecule has 8 heteroatoms. The van der Waals surface area contributed by atoms with Crippen molar-refractivity contribution in [2.45, 2.75) is 6.61 Å². The molecular formula is C15H10FN3O3S. The van der Waals surface area contributed by atoms with Gasteiger partial charge in [-0.2, -0.15) is 0 Å². The average molecular weight is 331 g/mol. The third-order valence-electron chi connectivity index (χ3n) is 2.94. The second-order valence-corrected chi connectivity index (χ2v) is 5.38. The first-order valence-electron chi connectivity index (χ1n) is 6.56. The van der Waals surface area contributed by atoms with Crippen molar-refractivity contribution in [1.29, 1.82) is 0 Å². The lowest BCUT2D eigenvalue weighted by atomic mass is 10.2. The second kappa shape index (κ2) is 6.49. The van der Waals surface area contributed by atoms with Crippen LogP contribution in [0.5, 0.6) is 5.75 Å². The van der Waals surface area contributed by atoms with Crippen LogP contribution in [0.2, 0.25) is 0 Å². The van der Waals surface area contributed by atoms with Gasteiger partial charge in [0.1, 0.15) is 23.6 Å². The number of nitro groups is 1. The number of thiazole rings is 1. The van der Waals surface area contributed by atoms with Crippen LogP contribution in [0.1, 0.15) is 5.69 Å². The van der Waals surface area contributed by atoms with Crippen molar-refractivity contribution in [1.82, 2.24) is 9.97 Å². The minimum atomic E-state index is -0.597. The van der Waals surface area contributed by atoms with Crippen molar-refractivity contribution in [2.24, 2.45) is 0 Å². The molecule has 0 saturated heterocycles. The molecule has 0 spiro atoms. The lowest BCUT2D eigenvalue weighted by Crippen LogP contribution is -2.00. The zero-order valence-corrected chi connectivity index (χ0v) is 12.5. The van der Waals surface area contributed by atoms with E-state index in [-0.39, 0.29) is 24.0 Å². The van der Waals surface area contributed by atoms with Gasteiger partial charge in [-0.15, -0.1) is 11.3 Å². The molecule has 0 aliphatic carbocycles. The Labute approximate surface area is 134 Å². The first kappa shape index (κ1) is 15.0. The maximum absolute atomic E-state index is 12.9. The summed E-state index contributed by atoms with van der Waals surface area (Å²) in [5, 5.41) is 13.4. The largest absolute Gasteiger partial charge is 0.479 e. The number of hydrogen-bond donors (Lipinski definition) is 0. The zero-order chi connectivity index (χ0) is 16.2. The van der Waals surface area contributed by atoms with Gasteiger partial charge in [0.05, 0.1) is 5.69 Å². The van der Waals surface area contributed by atoms with Crippen LogP contribution in [0.4, 0.5) is 10.2 Å². The Kier molecular flexibility index (Phi) is 4.24. The molecule has 0 aliphatic heterocycles. The summed E-state index contributed by atoms with van der Waals surface area (Å²) in [6.07, 6.45) is 1.33. The molecule has 3 aromatic rings. The normalized spacial score (nSPS) is 10.5. The highest BCUT2D eigenvalue weighted by Crippen LogP contribution is 2.26. The van der Waals surface area contributed by atoms with Gasteiger partial charge in [-0.25, -0.2) is 9.37 Å². The van der Waals surface area contributed by atoms with Gasteiger partial charge in [-0.3, -0.25) is 0 Å². The third kappa shape index (κ3) is 3.49. The number of halogens is 1. The summed E-state index contributed by atoms with van der Waals surface area (Å²) in [6, 6.07) is 9.07. The van der Waals surface area contributed by atoms with Crippen LogP contribution in [0, 0.1) is 15.9 Å². The second-order valence-electron chi connectivity index (χ2n) is 4.52. The highest BCUT2D eigenvalue weighted by Gasteiger charge is 2.16. The summed E-state index contributed by atoms with van der Waals surface area (Å²) in [6.45, 7) is 0.0875. The first-order valence-corrected chi connectivity index (χ1v) is 7.44. The summed E-state index contributed by atoms with van der Waals surface area (Å²) in [4.78, 5) is 18.3. The average Bonchev–Trinajstić information content (AvgIpc) is 3.03. The molecule has 0 N–H and O–H groups in total. The van der Waals surface area contributed by atoms with Gasteiger partial charge >= 0.3 is 5.82 Å². The highest BCUT2D eigenvalue weighted by molar-refractivity contribution is 7.13. The van der Waals surface area contributed by atoms with Gasteiger partial charge < -0.3 is 14.9 Å². The van der Waals surface area contributed by atoms with Crippen molar-refractivity contribution in [3.05, 3.63) is 69.6 Å². The predicted octanol–water partition coefficient (Wildman–Crippen LogP) is 3.83. The number of pyridine rings is 1. The molecule has 0 amide bonds. The predicted molar refractivity (Wildman–Crippen MR) is 82.7 cm³/mol. The maximum Gasteiger partial charge on any atom is 0.406 e. The third-order valence-corrected chi connectivity index (χ3v) is 3.88. The number of ether oxygens (including phenoxy) is 1. The van der Waals surface area contributed by atoms with Crippen molar-refractivity contribution in [3.8, 4) is 16.3 Å². The SMILES string of the molecule is O=[N+]([O-])c1ncccc1OCc1csc(-c2ccc(F)cc2)n1. The number of benzene rings is 1. The van der Waals surface area contributed by atoms with Crippen LogP contribution in [-0.4, -0.2) is 14.9 Å². The first-order chi connectivity index (χ1) is 11.1. The molecule has 23 heavy (non-hydrogen) atoms. The minimum absolute atomic E-state index is 0.0875. The van der Waals surface area contributed by atoms with Gasteiger partial charge in [-0.1, -0.05) is 0 Å². The molecule has 0 unspecified atom stereocenters. The van der Waals surface area contributed by atoms with E-state index in [9.17, 15) is 14.5 Å². The van der Waals surface area contributed by atoms with Crippen molar-refractivity contribution >= 4 is 17.2 Å². The fourth-order valence-electron chi connectivity index (χ4n) is 1.88. The zero-order valence-electron chi connectivity index (χ0n) is 11.7. The van der Waals surface area contributed by atoms with Gasteiger partial charge in [0, 0.05) is 10.9 Å². The Morgan fingerprint density at radius 2 is 2.04 bits per heavy atom. The monoisotopic (exact) mass is 331 g/mol. The Morgan fingerprint density at radius 3 is 2.78 bits per heavy atom. The standard InChI is InChI=1S/C15H10FN3O3S/c16-11-5-3-10(4-6-11)15-18-12(9-23-15)8-22-13-2-1-7-17-14(13)19(20)21/h1-7,9H,8H2. The molecule has 0 saturated carbocycles. The summed E-state index contributed by atoms with van der Waals surface area (Å²) in [7, 11) is 0. The Morgan fingerprint density at radius 1 is 1.26 bits per heavy atom. The molecule has 2 heterocycles. The van der Waals surface area contributed by atoms with E-state index in [0.717, 1.165) is 10.6 Å². The van der Waals surface area contributed by atoms with Crippen LogP contribution in [0.3, 0.4) is 0 Å². The van der Waals surface area contributed by atoms with E-state index >= 15 is 0 Å². The molecule has 116 valence electrons. The quantitative estimate of drug-likeness (QED) is 0.524. The number of nitrogens with zero attached hydrogens (tertiary/aromatic N) is 3. The number of hydrogen-bond acceptors (Lipinski definition) is 6. The van der Waals surface area contributed by atoms with Crippen molar-refractivity contribution in [2.75, 3.05) is 0 Å². The number of rotatable bonds is 5. The molecule has 3 rings (SSSR count). The highest BCUT2D eigenvalue weighted by atomic mass is 32.1. The lowest BCUT2D eigenvalue weighted by Gasteiger charge is -2.03. The Hall–Kier alpha value is -2.87. The molecule has 0 bridgehead atoms. The summed E-state index contributed by atoms with van der Waals surface area (Å²) in [5.41, 5.74) is 1.43. The fraction of sp³-hybridized carbons (Fsp3) is 0.0667. The Balaban J connectivity index is 1.73. The van der Waals surface area contributed by atoms with E-state index in [1.54, 1.807) is 23.6 Å². The molecule has 1 aromatic carbocycles. The summed E-state index contributed by atoms with van der Waals surface area (Å²) in [5.74, 6) is -0.548. The Bertz CT molecular complexity index is 836. The summed E-state index contributed by atoms with van der Waals surface area (Å²) >= 11 is 1.39. The number of aromatic nitrogens is 2. The van der Waals surface area contributed by atoms with Crippen LogP contribution in [0.25, 0.3) is 10.6 Å². The molecule has 2 aromatic heterocycles. The van der Waals surface area contributed by atoms with Crippen LogP contribution < -0.4 is 4.74 Å². The van der Waals surface area contributed by atoms with Crippen LogP contribution >= 0.6 is 11.3 Å². The van der Waals surface area contributed by atoms with Gasteiger partial charge in [0.2, 0.25) is 5.75 Å². The van der Waals surface area contributed by atoms with E-state index in [0.29, 0.717) is 5.69 Å². The van der Waals surface area contributed by atoms with Gasteiger partial charge in [-0.05, 0) is 46.3 Å². The van der Waals surface area contributed by atoms with Crippen LogP contribution in [0.15, 0.2) is 48.0 Å². The smallest absolute Gasteiger partial charge is 0.406 e. The molecule has 0 fully saturated rings. The molecule has 0 atom stereocenters. The fourth-order valence-corrected chi connectivity index (χ4v) is 2.69. The maximum atomic E-state index is 12.9. The molecule has 0 aliphatic rings. The van der Waals surface area contributed by atoms with Gasteiger partial charge in [0.25, 0.3) is 0 Å². The van der Waals surface area contributed by atoms with E-state index in [1.165, 1.54) is 35.7 Å². The topological polar surface area (TPSA) is 78.2 Å². The van der Waals surface area contributed by atoms with Gasteiger partial charge in [0.15, 0.2) is 0 Å². The van der Waals surface area contributed by atoms with Crippen molar-refractivity contribution in [3.63, 3.8) is 0 Å². The van der Waals surface area contributed by atoms with E-state index in [1.807, 2.05) is 0 Å². The lowest BCUT2D eigenvalue weighted by molar-refractivity contribution is -0.390. The van der Waals surface area contributed by atoms with E-state index in [2.05, 4.69) is 9.97 Å². The van der Waals surface area contributed by atoms with E-state index < -0.39 is 4.92 Å². The molecule has 6 nitrogen and oxygen atoms in total.